The number of aromatic nitrogens is 2. The van der Waals surface area contributed by atoms with E-state index in [2.05, 4.69) is 22.1 Å². The van der Waals surface area contributed by atoms with Crippen LogP contribution in [0, 0.1) is 0 Å². The van der Waals surface area contributed by atoms with Crippen LogP contribution in [-0.2, 0) is 33.7 Å². The SMILES string of the molecule is CCOC(=O)CCN(Cc1cccnc1)C(=O)Cc1csc(Cc2ccccc2)n1. The minimum atomic E-state index is -0.305. The van der Waals surface area contributed by atoms with Crippen molar-refractivity contribution >= 4 is 23.2 Å². The van der Waals surface area contributed by atoms with Gasteiger partial charge in [0.05, 0.1) is 30.2 Å². The third-order valence-corrected chi connectivity index (χ3v) is 5.37. The van der Waals surface area contributed by atoms with Crippen molar-refractivity contribution < 1.29 is 14.3 Å². The van der Waals surface area contributed by atoms with Crippen LogP contribution < -0.4 is 0 Å². The summed E-state index contributed by atoms with van der Waals surface area (Å²) in [4.78, 5) is 35.2. The van der Waals surface area contributed by atoms with Crippen LogP contribution in [-0.4, -0.2) is 39.9 Å². The van der Waals surface area contributed by atoms with Gasteiger partial charge in [0.2, 0.25) is 5.91 Å². The van der Waals surface area contributed by atoms with Gasteiger partial charge in [-0.05, 0) is 24.1 Å². The molecule has 3 aromatic rings. The van der Waals surface area contributed by atoms with Crippen LogP contribution in [0.15, 0.2) is 60.2 Å². The first-order valence-electron chi connectivity index (χ1n) is 9.93. The largest absolute Gasteiger partial charge is 0.466 e. The number of ether oxygens (including phenoxy) is 1. The number of hydrogen-bond donors (Lipinski definition) is 0. The molecule has 156 valence electrons. The molecule has 0 aliphatic rings. The average Bonchev–Trinajstić information content (AvgIpc) is 3.19. The summed E-state index contributed by atoms with van der Waals surface area (Å²) in [6.45, 7) is 2.80. The van der Waals surface area contributed by atoms with Crippen molar-refractivity contribution in [1.29, 1.82) is 0 Å². The molecule has 3 rings (SSSR count). The molecule has 2 heterocycles. The Labute approximate surface area is 180 Å². The summed E-state index contributed by atoms with van der Waals surface area (Å²) in [5.41, 5.74) is 2.86. The number of thiazole rings is 1. The molecule has 0 saturated carbocycles. The van der Waals surface area contributed by atoms with Crippen molar-refractivity contribution in [3.05, 3.63) is 82.1 Å². The minimum absolute atomic E-state index is 0.0697. The van der Waals surface area contributed by atoms with E-state index in [9.17, 15) is 9.59 Å². The highest BCUT2D eigenvalue weighted by Gasteiger charge is 2.18. The number of amides is 1. The lowest BCUT2D eigenvalue weighted by atomic mass is 10.2. The van der Waals surface area contributed by atoms with Crippen LogP contribution in [0.3, 0.4) is 0 Å². The van der Waals surface area contributed by atoms with Crippen LogP contribution in [0.4, 0.5) is 0 Å². The zero-order valence-corrected chi connectivity index (χ0v) is 17.8. The van der Waals surface area contributed by atoms with Gasteiger partial charge in [0.1, 0.15) is 0 Å². The fraction of sp³-hybridized carbons (Fsp3) is 0.304. The summed E-state index contributed by atoms with van der Waals surface area (Å²) in [5, 5.41) is 2.92. The van der Waals surface area contributed by atoms with Gasteiger partial charge in [-0.2, -0.15) is 0 Å². The van der Waals surface area contributed by atoms with Crippen LogP contribution in [0.25, 0.3) is 0 Å². The fourth-order valence-corrected chi connectivity index (χ4v) is 3.84. The third kappa shape index (κ3) is 6.77. The maximum Gasteiger partial charge on any atom is 0.307 e. The van der Waals surface area contributed by atoms with E-state index in [1.165, 1.54) is 5.56 Å². The van der Waals surface area contributed by atoms with Gasteiger partial charge in [-0.3, -0.25) is 14.6 Å². The van der Waals surface area contributed by atoms with Gasteiger partial charge >= 0.3 is 5.97 Å². The van der Waals surface area contributed by atoms with Gasteiger partial charge < -0.3 is 9.64 Å². The summed E-state index contributed by atoms with van der Waals surface area (Å²) < 4.78 is 5.00. The first-order valence-corrected chi connectivity index (χ1v) is 10.8. The van der Waals surface area contributed by atoms with E-state index in [0.29, 0.717) is 19.7 Å². The second-order valence-corrected chi connectivity index (χ2v) is 7.75. The van der Waals surface area contributed by atoms with Crippen molar-refractivity contribution in [2.75, 3.05) is 13.2 Å². The van der Waals surface area contributed by atoms with Crippen molar-refractivity contribution in [2.45, 2.75) is 32.7 Å². The number of hydrogen-bond acceptors (Lipinski definition) is 6. The van der Waals surface area contributed by atoms with E-state index in [1.54, 1.807) is 35.6 Å². The number of carbonyl (C=O) groups excluding carboxylic acids is 2. The normalized spacial score (nSPS) is 10.6. The second-order valence-electron chi connectivity index (χ2n) is 6.80. The zero-order chi connectivity index (χ0) is 21.2. The molecule has 1 aromatic carbocycles. The highest BCUT2D eigenvalue weighted by Crippen LogP contribution is 2.16. The average molecular weight is 424 g/mol. The van der Waals surface area contributed by atoms with E-state index >= 15 is 0 Å². The van der Waals surface area contributed by atoms with Gasteiger partial charge in [0.25, 0.3) is 0 Å². The lowest BCUT2D eigenvalue weighted by molar-refractivity contribution is -0.144. The number of pyridine rings is 1. The molecule has 0 radical (unpaired) electrons. The molecule has 0 spiro atoms. The van der Waals surface area contributed by atoms with E-state index < -0.39 is 0 Å². The number of benzene rings is 1. The topological polar surface area (TPSA) is 72.4 Å². The monoisotopic (exact) mass is 423 g/mol. The Morgan fingerprint density at radius 2 is 1.90 bits per heavy atom. The molecule has 1 amide bonds. The molecule has 30 heavy (non-hydrogen) atoms. The van der Waals surface area contributed by atoms with E-state index in [0.717, 1.165) is 22.7 Å². The lowest BCUT2D eigenvalue weighted by Crippen LogP contribution is -2.34. The molecule has 2 aromatic heterocycles. The lowest BCUT2D eigenvalue weighted by Gasteiger charge is -2.22. The predicted molar refractivity (Wildman–Crippen MR) is 116 cm³/mol. The van der Waals surface area contributed by atoms with Gasteiger partial charge in [-0.1, -0.05) is 36.4 Å². The van der Waals surface area contributed by atoms with Crippen molar-refractivity contribution in [1.82, 2.24) is 14.9 Å². The molecular weight excluding hydrogens is 398 g/mol. The highest BCUT2D eigenvalue weighted by molar-refractivity contribution is 7.09. The first kappa shape index (κ1) is 21.6. The van der Waals surface area contributed by atoms with E-state index in [1.807, 2.05) is 35.7 Å². The standard InChI is InChI=1S/C23H25N3O3S/c1-2-29-23(28)10-12-26(16-19-9-6-11-24-15-19)22(27)14-20-17-30-21(25-20)13-18-7-4-3-5-8-18/h3-9,11,15,17H,2,10,12-14,16H2,1H3. The fourth-order valence-electron chi connectivity index (χ4n) is 3.01. The molecule has 0 saturated heterocycles. The molecule has 0 atom stereocenters. The highest BCUT2D eigenvalue weighted by atomic mass is 32.1. The van der Waals surface area contributed by atoms with Crippen LogP contribution >= 0.6 is 11.3 Å². The van der Waals surface area contributed by atoms with E-state index in [-0.39, 0.29) is 24.7 Å². The second kappa shape index (κ2) is 11.2. The summed E-state index contributed by atoms with van der Waals surface area (Å²) >= 11 is 1.56. The maximum absolute atomic E-state index is 13.0. The minimum Gasteiger partial charge on any atom is -0.466 e. The smallest absolute Gasteiger partial charge is 0.307 e. The zero-order valence-electron chi connectivity index (χ0n) is 17.0. The van der Waals surface area contributed by atoms with Gasteiger partial charge in [-0.15, -0.1) is 11.3 Å². The number of carbonyl (C=O) groups is 2. The molecule has 7 heteroatoms. The molecule has 0 N–H and O–H groups in total. The Kier molecular flexibility index (Phi) is 8.09. The molecule has 0 aliphatic heterocycles. The number of rotatable bonds is 10. The van der Waals surface area contributed by atoms with Crippen molar-refractivity contribution in [2.24, 2.45) is 0 Å². The van der Waals surface area contributed by atoms with Gasteiger partial charge in [0.15, 0.2) is 0 Å². The Morgan fingerprint density at radius 1 is 1.10 bits per heavy atom. The maximum atomic E-state index is 13.0. The quantitative estimate of drug-likeness (QED) is 0.466. The molecular formula is C23H25N3O3S. The molecule has 0 fully saturated rings. The van der Waals surface area contributed by atoms with E-state index in [4.69, 9.17) is 4.74 Å². The molecule has 0 unspecified atom stereocenters. The Bertz CT molecular complexity index is 945. The van der Waals surface area contributed by atoms with Gasteiger partial charge in [-0.25, -0.2) is 4.98 Å². The Balaban J connectivity index is 1.63. The Hall–Kier alpha value is -3.06. The summed E-state index contributed by atoms with van der Waals surface area (Å²) in [7, 11) is 0. The Morgan fingerprint density at radius 3 is 2.63 bits per heavy atom. The van der Waals surface area contributed by atoms with Crippen molar-refractivity contribution in [3.8, 4) is 0 Å². The molecule has 0 aliphatic carbocycles. The van der Waals surface area contributed by atoms with Crippen LogP contribution in [0.5, 0.6) is 0 Å². The number of esters is 1. The molecule has 0 bridgehead atoms. The summed E-state index contributed by atoms with van der Waals surface area (Å²) in [6.07, 6.45) is 4.54. The third-order valence-electron chi connectivity index (χ3n) is 4.47. The van der Waals surface area contributed by atoms with Crippen LogP contribution in [0.2, 0.25) is 0 Å². The van der Waals surface area contributed by atoms with Crippen molar-refractivity contribution in [3.63, 3.8) is 0 Å². The predicted octanol–water partition coefficient (Wildman–Crippen LogP) is 3.65. The first-order chi connectivity index (χ1) is 14.6. The molecule has 6 nitrogen and oxygen atoms in total. The summed E-state index contributed by atoms with van der Waals surface area (Å²) in [6, 6.07) is 13.9. The van der Waals surface area contributed by atoms with Crippen LogP contribution in [0.1, 0.15) is 35.2 Å². The van der Waals surface area contributed by atoms with Gasteiger partial charge in [0, 0.05) is 37.3 Å². The summed E-state index contributed by atoms with van der Waals surface area (Å²) in [5.74, 6) is -0.375. The number of nitrogens with zero attached hydrogens (tertiary/aromatic N) is 3.